The zero-order valence-electron chi connectivity index (χ0n) is 12.2. The van der Waals surface area contributed by atoms with E-state index >= 15 is 0 Å². The molecule has 4 nitrogen and oxygen atoms in total. The van der Waals surface area contributed by atoms with Gasteiger partial charge >= 0.3 is 5.97 Å². The minimum absolute atomic E-state index is 0.140. The first-order valence-electron chi connectivity index (χ1n) is 6.92. The van der Waals surface area contributed by atoms with Gasteiger partial charge in [-0.2, -0.15) is 0 Å². The SMILES string of the molecule is CCCOC1CCCN(CC(C)(C)C(=O)OC)C1. The van der Waals surface area contributed by atoms with Crippen molar-refractivity contribution in [3.63, 3.8) is 0 Å². The summed E-state index contributed by atoms with van der Waals surface area (Å²) >= 11 is 0. The highest BCUT2D eigenvalue weighted by atomic mass is 16.5. The fourth-order valence-electron chi connectivity index (χ4n) is 2.48. The topological polar surface area (TPSA) is 38.8 Å². The number of carbonyl (C=O) groups is 1. The normalized spacial score (nSPS) is 21.9. The monoisotopic (exact) mass is 257 g/mol. The van der Waals surface area contributed by atoms with E-state index in [4.69, 9.17) is 9.47 Å². The molecular formula is C14H27NO3. The van der Waals surface area contributed by atoms with Crippen LogP contribution in [0.15, 0.2) is 0 Å². The maximum atomic E-state index is 11.7. The van der Waals surface area contributed by atoms with E-state index < -0.39 is 5.41 Å². The number of methoxy groups -OCH3 is 1. The molecule has 1 aliphatic heterocycles. The first-order chi connectivity index (χ1) is 8.49. The van der Waals surface area contributed by atoms with Gasteiger partial charge in [-0.25, -0.2) is 0 Å². The van der Waals surface area contributed by atoms with Crippen molar-refractivity contribution in [3.05, 3.63) is 0 Å². The number of ether oxygens (including phenoxy) is 2. The van der Waals surface area contributed by atoms with Crippen LogP contribution in [0, 0.1) is 5.41 Å². The molecule has 0 spiro atoms. The van der Waals surface area contributed by atoms with E-state index in [0.717, 1.165) is 45.5 Å². The molecule has 0 radical (unpaired) electrons. The lowest BCUT2D eigenvalue weighted by molar-refractivity contribution is -0.152. The molecule has 4 heteroatoms. The summed E-state index contributed by atoms with van der Waals surface area (Å²) in [6.45, 7) is 9.56. The molecule has 0 aromatic heterocycles. The van der Waals surface area contributed by atoms with Crippen LogP contribution in [-0.2, 0) is 14.3 Å². The summed E-state index contributed by atoms with van der Waals surface area (Å²) in [5, 5.41) is 0. The van der Waals surface area contributed by atoms with Crippen LogP contribution in [0.1, 0.15) is 40.0 Å². The highest BCUT2D eigenvalue weighted by Gasteiger charge is 2.33. The van der Waals surface area contributed by atoms with Gasteiger partial charge in [0.25, 0.3) is 0 Å². The smallest absolute Gasteiger partial charge is 0.312 e. The van der Waals surface area contributed by atoms with E-state index in [1.807, 2.05) is 13.8 Å². The van der Waals surface area contributed by atoms with Gasteiger partial charge in [-0.1, -0.05) is 6.92 Å². The summed E-state index contributed by atoms with van der Waals surface area (Å²) < 4.78 is 10.7. The van der Waals surface area contributed by atoms with Crippen LogP contribution in [0.5, 0.6) is 0 Å². The average Bonchev–Trinajstić information content (AvgIpc) is 2.35. The van der Waals surface area contributed by atoms with Gasteiger partial charge in [0, 0.05) is 19.7 Å². The van der Waals surface area contributed by atoms with Crippen molar-refractivity contribution in [2.24, 2.45) is 5.41 Å². The largest absolute Gasteiger partial charge is 0.469 e. The molecular weight excluding hydrogens is 230 g/mol. The molecule has 106 valence electrons. The van der Waals surface area contributed by atoms with Crippen LogP contribution >= 0.6 is 0 Å². The number of piperidine rings is 1. The molecule has 1 aliphatic rings. The lowest BCUT2D eigenvalue weighted by Crippen LogP contribution is -2.46. The van der Waals surface area contributed by atoms with Gasteiger partial charge in [0.1, 0.15) is 0 Å². The van der Waals surface area contributed by atoms with E-state index in [9.17, 15) is 4.79 Å². The Morgan fingerprint density at radius 1 is 1.44 bits per heavy atom. The zero-order chi connectivity index (χ0) is 13.6. The molecule has 0 aromatic rings. The lowest BCUT2D eigenvalue weighted by atomic mass is 9.92. The Morgan fingerprint density at radius 3 is 2.78 bits per heavy atom. The van der Waals surface area contributed by atoms with Gasteiger partial charge in [-0.15, -0.1) is 0 Å². The number of nitrogens with zero attached hydrogens (tertiary/aromatic N) is 1. The molecule has 0 saturated carbocycles. The second-order valence-corrected chi connectivity index (χ2v) is 5.75. The Kier molecular flexibility index (Phi) is 6.09. The van der Waals surface area contributed by atoms with Crippen LogP contribution in [0.4, 0.5) is 0 Å². The number of esters is 1. The van der Waals surface area contributed by atoms with Crippen LogP contribution in [-0.4, -0.2) is 50.3 Å². The first kappa shape index (κ1) is 15.4. The fraction of sp³-hybridized carbons (Fsp3) is 0.929. The summed E-state index contributed by atoms with van der Waals surface area (Å²) in [6.07, 6.45) is 3.66. The maximum absolute atomic E-state index is 11.7. The Morgan fingerprint density at radius 2 is 2.17 bits per heavy atom. The summed E-state index contributed by atoms with van der Waals surface area (Å²) in [4.78, 5) is 14.0. The van der Waals surface area contributed by atoms with Crippen molar-refractivity contribution in [2.45, 2.75) is 46.1 Å². The second kappa shape index (κ2) is 7.10. The van der Waals surface area contributed by atoms with E-state index in [1.54, 1.807) is 0 Å². The molecule has 0 bridgehead atoms. The quantitative estimate of drug-likeness (QED) is 0.683. The fourth-order valence-corrected chi connectivity index (χ4v) is 2.48. The molecule has 0 aliphatic carbocycles. The minimum atomic E-state index is -0.443. The Labute approximate surface area is 111 Å². The highest BCUT2D eigenvalue weighted by Crippen LogP contribution is 2.22. The standard InChI is InChI=1S/C14H27NO3/c1-5-9-18-12-7-6-8-15(10-12)11-14(2,3)13(16)17-4/h12H,5-11H2,1-4H3. The highest BCUT2D eigenvalue weighted by molar-refractivity contribution is 5.76. The van der Waals surface area contributed by atoms with Crippen molar-refractivity contribution in [1.29, 1.82) is 0 Å². The zero-order valence-corrected chi connectivity index (χ0v) is 12.2. The molecule has 1 heterocycles. The van der Waals surface area contributed by atoms with Crippen LogP contribution in [0.2, 0.25) is 0 Å². The maximum Gasteiger partial charge on any atom is 0.312 e. The van der Waals surface area contributed by atoms with Crippen molar-refractivity contribution in [1.82, 2.24) is 4.90 Å². The van der Waals surface area contributed by atoms with E-state index in [-0.39, 0.29) is 5.97 Å². The third kappa shape index (κ3) is 4.58. The van der Waals surface area contributed by atoms with Crippen molar-refractivity contribution < 1.29 is 14.3 Å². The van der Waals surface area contributed by atoms with Crippen LogP contribution in [0.25, 0.3) is 0 Å². The van der Waals surface area contributed by atoms with Crippen molar-refractivity contribution in [2.75, 3.05) is 33.4 Å². The van der Waals surface area contributed by atoms with E-state index in [0.29, 0.717) is 6.10 Å². The number of hydrogen-bond acceptors (Lipinski definition) is 4. The van der Waals surface area contributed by atoms with Crippen LogP contribution < -0.4 is 0 Å². The van der Waals surface area contributed by atoms with Gasteiger partial charge < -0.3 is 9.47 Å². The summed E-state index contributed by atoms with van der Waals surface area (Å²) in [5.74, 6) is -0.140. The van der Waals surface area contributed by atoms with Crippen molar-refractivity contribution >= 4 is 5.97 Å². The Bertz CT molecular complexity index is 266. The number of hydrogen-bond donors (Lipinski definition) is 0. The molecule has 1 atom stereocenters. The van der Waals surface area contributed by atoms with Crippen LogP contribution in [0.3, 0.4) is 0 Å². The molecule has 1 unspecified atom stereocenters. The molecule has 0 aromatic carbocycles. The summed E-state index contributed by atoms with van der Waals surface area (Å²) in [7, 11) is 1.45. The Balaban J connectivity index is 2.44. The second-order valence-electron chi connectivity index (χ2n) is 5.75. The molecule has 18 heavy (non-hydrogen) atoms. The molecule has 1 rings (SSSR count). The number of rotatable bonds is 6. The third-order valence-corrected chi connectivity index (χ3v) is 3.38. The van der Waals surface area contributed by atoms with Gasteiger partial charge in [0.05, 0.1) is 18.6 Å². The van der Waals surface area contributed by atoms with Gasteiger partial charge in [0.2, 0.25) is 0 Å². The number of carbonyl (C=O) groups excluding carboxylic acids is 1. The predicted octanol–water partition coefficient (Wildman–Crippen LogP) is 2.08. The Hall–Kier alpha value is -0.610. The van der Waals surface area contributed by atoms with Crippen molar-refractivity contribution in [3.8, 4) is 0 Å². The summed E-state index contributed by atoms with van der Waals surface area (Å²) in [5.41, 5.74) is -0.443. The minimum Gasteiger partial charge on any atom is -0.469 e. The lowest BCUT2D eigenvalue weighted by Gasteiger charge is -2.36. The number of likely N-dealkylation sites (tertiary alicyclic amines) is 1. The molecule has 0 N–H and O–H groups in total. The van der Waals surface area contributed by atoms with Gasteiger partial charge in [0.15, 0.2) is 0 Å². The third-order valence-electron chi connectivity index (χ3n) is 3.38. The summed E-state index contributed by atoms with van der Waals surface area (Å²) in [6, 6.07) is 0. The first-order valence-corrected chi connectivity index (χ1v) is 6.92. The molecule has 1 saturated heterocycles. The molecule has 0 amide bonds. The average molecular weight is 257 g/mol. The van der Waals surface area contributed by atoms with Gasteiger partial charge in [-0.05, 0) is 39.7 Å². The van der Waals surface area contributed by atoms with E-state index in [1.165, 1.54) is 7.11 Å². The van der Waals surface area contributed by atoms with Gasteiger partial charge in [-0.3, -0.25) is 9.69 Å². The predicted molar refractivity (Wildman–Crippen MR) is 71.5 cm³/mol. The molecule has 1 fully saturated rings. The van der Waals surface area contributed by atoms with E-state index in [2.05, 4.69) is 11.8 Å².